The zero-order valence-electron chi connectivity index (χ0n) is 15.3. The quantitative estimate of drug-likeness (QED) is 0.789. The Kier molecular flexibility index (Phi) is 6.09. The third-order valence-electron chi connectivity index (χ3n) is 4.65. The molecule has 1 saturated heterocycles. The van der Waals surface area contributed by atoms with Gasteiger partial charge in [-0.3, -0.25) is 4.90 Å². The zero-order valence-corrected chi connectivity index (χ0v) is 16.1. The van der Waals surface area contributed by atoms with Crippen LogP contribution in [0.15, 0.2) is 48.5 Å². The third kappa shape index (κ3) is 5.38. The first-order chi connectivity index (χ1) is 12.4. The van der Waals surface area contributed by atoms with Gasteiger partial charge >= 0.3 is 0 Å². The van der Waals surface area contributed by atoms with Gasteiger partial charge in [0.25, 0.3) is 0 Å². The highest BCUT2D eigenvalue weighted by atomic mass is 32.3. The van der Waals surface area contributed by atoms with E-state index in [0.717, 1.165) is 49.4 Å². The summed E-state index contributed by atoms with van der Waals surface area (Å²) in [5.74, 6) is 0.851. The molecule has 2 atom stereocenters. The Morgan fingerprint density at radius 1 is 1.23 bits per heavy atom. The molecule has 1 aliphatic heterocycles. The van der Waals surface area contributed by atoms with Gasteiger partial charge in [0, 0.05) is 13.1 Å². The number of nitrogens with zero attached hydrogens (tertiary/aromatic N) is 1. The topological polar surface area (TPSA) is 64.6 Å². The molecule has 0 aromatic heterocycles. The largest absolute Gasteiger partial charge is 0.598 e. The van der Waals surface area contributed by atoms with E-state index in [1.165, 1.54) is 11.8 Å². The summed E-state index contributed by atoms with van der Waals surface area (Å²) in [5, 5.41) is 0. The van der Waals surface area contributed by atoms with Gasteiger partial charge in [0.05, 0.1) is 13.2 Å². The van der Waals surface area contributed by atoms with Crippen LogP contribution < -0.4 is 9.46 Å². The van der Waals surface area contributed by atoms with Gasteiger partial charge in [-0.15, -0.1) is 4.72 Å². The minimum Gasteiger partial charge on any atom is -0.598 e. The van der Waals surface area contributed by atoms with Gasteiger partial charge in [0.15, 0.2) is 0 Å². The molecule has 2 unspecified atom stereocenters. The molecule has 0 aliphatic carbocycles. The second-order valence-corrected chi connectivity index (χ2v) is 8.67. The normalized spacial score (nSPS) is 20.5. The van der Waals surface area contributed by atoms with E-state index in [0.29, 0.717) is 0 Å². The number of benzene rings is 2. The maximum Gasteiger partial charge on any atom is 0.120 e. The van der Waals surface area contributed by atoms with Crippen LogP contribution in [0.4, 0.5) is 0 Å². The molecule has 2 aromatic rings. The molecule has 1 N–H and O–H groups in total. The SMILES string of the molecule is COc1cccc(-c2ccc(CN3CCCC(N[S+](C)(=O)[O-])C3)cc2)c1. The zero-order chi connectivity index (χ0) is 18.6. The Labute approximate surface area is 156 Å². The monoisotopic (exact) mass is 374 g/mol. The molecule has 3 rings (SSSR count). The Hall–Kier alpha value is -1.73. The van der Waals surface area contributed by atoms with E-state index >= 15 is 0 Å². The number of likely N-dealkylation sites (tertiary alicyclic amines) is 1. The lowest BCUT2D eigenvalue weighted by Crippen LogP contribution is -2.48. The molecule has 0 amide bonds. The number of hydrogen-bond donors (Lipinski definition) is 1. The molecule has 2 aromatic carbocycles. The molecule has 5 nitrogen and oxygen atoms in total. The average Bonchev–Trinajstić information content (AvgIpc) is 2.61. The van der Waals surface area contributed by atoms with Crippen molar-refractivity contribution < 1.29 is 13.5 Å². The van der Waals surface area contributed by atoms with Crippen LogP contribution in [-0.2, 0) is 21.2 Å². The van der Waals surface area contributed by atoms with Crippen LogP contribution in [-0.4, -0.2) is 41.9 Å². The van der Waals surface area contributed by atoms with Crippen molar-refractivity contribution in [1.29, 1.82) is 0 Å². The number of hydrogen-bond acceptors (Lipinski definition) is 4. The Balaban J connectivity index is 1.63. The molecule has 1 fully saturated rings. The van der Waals surface area contributed by atoms with Crippen LogP contribution >= 0.6 is 0 Å². The van der Waals surface area contributed by atoms with Crippen molar-refractivity contribution in [3.63, 3.8) is 0 Å². The van der Waals surface area contributed by atoms with Crippen LogP contribution in [0.1, 0.15) is 18.4 Å². The molecule has 26 heavy (non-hydrogen) atoms. The van der Waals surface area contributed by atoms with Crippen LogP contribution in [0.3, 0.4) is 0 Å². The first-order valence-electron chi connectivity index (χ1n) is 8.86. The second-order valence-electron chi connectivity index (χ2n) is 6.89. The Bertz CT molecular complexity index is 773. The first kappa shape index (κ1) is 19.0. The number of methoxy groups -OCH3 is 1. The van der Waals surface area contributed by atoms with E-state index < -0.39 is 10.4 Å². The van der Waals surface area contributed by atoms with Crippen LogP contribution in [0.2, 0.25) is 0 Å². The summed E-state index contributed by atoms with van der Waals surface area (Å²) in [5.41, 5.74) is 3.52. The number of piperidine rings is 1. The van der Waals surface area contributed by atoms with Gasteiger partial charge < -0.3 is 9.29 Å². The fraction of sp³-hybridized carbons (Fsp3) is 0.400. The van der Waals surface area contributed by atoms with Gasteiger partial charge in [0.1, 0.15) is 22.4 Å². The van der Waals surface area contributed by atoms with Gasteiger partial charge in [0.2, 0.25) is 0 Å². The van der Waals surface area contributed by atoms with Crippen LogP contribution in [0.5, 0.6) is 5.75 Å². The molecule has 1 heterocycles. The van der Waals surface area contributed by atoms with Crippen molar-refractivity contribution in [2.45, 2.75) is 25.4 Å². The van der Waals surface area contributed by atoms with Gasteiger partial charge in [-0.1, -0.05) is 40.6 Å². The van der Waals surface area contributed by atoms with Crippen molar-refractivity contribution in [1.82, 2.24) is 9.62 Å². The molecular weight excluding hydrogens is 348 g/mol. The van der Waals surface area contributed by atoms with E-state index in [1.807, 2.05) is 18.2 Å². The minimum absolute atomic E-state index is 0.00908. The average molecular weight is 375 g/mol. The van der Waals surface area contributed by atoms with E-state index in [4.69, 9.17) is 4.74 Å². The summed E-state index contributed by atoms with van der Waals surface area (Å²) >= 11 is 0. The lowest BCUT2D eigenvalue weighted by Gasteiger charge is -2.33. The standard InChI is InChI=1S/C20H26N2O3S/c1-25-20-7-3-5-18(13-20)17-10-8-16(9-11-17)14-22-12-4-6-19(15-22)21-26(2,23)24/h3,5,7-11,13,19H,4,6,12,14-15H2,1-2H3,(H-,21,23,24). The first-order valence-corrected chi connectivity index (χ1v) is 10.7. The Morgan fingerprint density at radius 2 is 2.00 bits per heavy atom. The summed E-state index contributed by atoms with van der Waals surface area (Å²) in [4.78, 5) is 2.31. The van der Waals surface area contributed by atoms with Crippen molar-refractivity contribution in [2.75, 3.05) is 26.5 Å². The smallest absolute Gasteiger partial charge is 0.120 e. The molecule has 0 spiro atoms. The van der Waals surface area contributed by atoms with Crippen LogP contribution in [0, 0.1) is 0 Å². The molecule has 0 bridgehead atoms. The van der Waals surface area contributed by atoms with Gasteiger partial charge in [-0.05, 0) is 48.2 Å². The summed E-state index contributed by atoms with van der Waals surface area (Å²) in [7, 11) is -1.48. The second kappa shape index (κ2) is 8.31. The van der Waals surface area contributed by atoms with Crippen LogP contribution in [0.25, 0.3) is 11.1 Å². The highest BCUT2D eigenvalue weighted by Gasteiger charge is 2.24. The minimum atomic E-state index is -3.15. The summed E-state index contributed by atoms with van der Waals surface area (Å²) in [6, 6.07) is 16.6. The summed E-state index contributed by atoms with van der Waals surface area (Å²) < 4.78 is 30.9. The fourth-order valence-electron chi connectivity index (χ4n) is 3.46. The lowest BCUT2D eigenvalue weighted by atomic mass is 10.0. The predicted octanol–water partition coefficient (Wildman–Crippen LogP) is 3.09. The van der Waals surface area contributed by atoms with Gasteiger partial charge in [-0.2, -0.15) is 0 Å². The van der Waals surface area contributed by atoms with Crippen molar-refractivity contribution in [3.05, 3.63) is 54.1 Å². The number of sulfonamides is 1. The lowest BCUT2D eigenvalue weighted by molar-refractivity contribution is 0.193. The Morgan fingerprint density at radius 3 is 2.69 bits per heavy atom. The third-order valence-corrected chi connectivity index (χ3v) is 5.41. The van der Waals surface area contributed by atoms with E-state index in [2.05, 4.69) is 40.0 Å². The molecule has 0 radical (unpaired) electrons. The maximum absolute atomic E-state index is 11.4. The molecule has 1 aliphatic rings. The van der Waals surface area contributed by atoms with Gasteiger partial charge in [-0.25, -0.2) is 0 Å². The molecule has 140 valence electrons. The summed E-state index contributed by atoms with van der Waals surface area (Å²) in [6.45, 7) is 2.59. The fourth-order valence-corrected chi connectivity index (χ4v) is 4.26. The molecular formula is C20H26N2O3S. The number of rotatable bonds is 6. The molecule has 6 heteroatoms. The van der Waals surface area contributed by atoms with Crippen molar-refractivity contribution in [2.24, 2.45) is 0 Å². The number of ether oxygens (including phenoxy) is 1. The highest BCUT2D eigenvalue weighted by Crippen LogP contribution is 2.24. The van der Waals surface area contributed by atoms with Crippen molar-refractivity contribution >= 4 is 10.4 Å². The van der Waals surface area contributed by atoms with E-state index in [9.17, 15) is 8.76 Å². The highest BCUT2D eigenvalue weighted by molar-refractivity contribution is 7.95. The predicted molar refractivity (Wildman–Crippen MR) is 105 cm³/mol. The molecule has 0 saturated carbocycles. The van der Waals surface area contributed by atoms with E-state index in [-0.39, 0.29) is 6.04 Å². The summed E-state index contributed by atoms with van der Waals surface area (Å²) in [6.07, 6.45) is 3.14. The van der Waals surface area contributed by atoms with Crippen molar-refractivity contribution in [3.8, 4) is 16.9 Å². The number of nitrogens with one attached hydrogen (secondary N) is 1. The maximum atomic E-state index is 11.4. The van der Waals surface area contributed by atoms with E-state index in [1.54, 1.807) is 7.11 Å².